The number of fused-ring (bicyclic) bond motifs is 1. The first-order valence-electron chi connectivity index (χ1n) is 8.62. The molecule has 1 N–H and O–H groups in total. The SMILES string of the molecule is O=C(Nc1ccc2c(c1)OCCO2)c1ccc(=O)n(Cc2ccc(F)cc2)n1. The molecule has 28 heavy (non-hydrogen) atoms. The van der Waals surface area contributed by atoms with Crippen LogP contribution in [0.4, 0.5) is 10.1 Å². The Balaban J connectivity index is 1.53. The van der Waals surface area contributed by atoms with Gasteiger partial charge in [-0.05, 0) is 35.9 Å². The Labute approximate surface area is 159 Å². The van der Waals surface area contributed by atoms with Gasteiger partial charge in [-0.3, -0.25) is 9.59 Å². The molecular formula is C20H16FN3O4. The highest BCUT2D eigenvalue weighted by Gasteiger charge is 2.15. The van der Waals surface area contributed by atoms with E-state index in [1.807, 2.05) is 0 Å². The van der Waals surface area contributed by atoms with Gasteiger partial charge in [-0.25, -0.2) is 9.07 Å². The molecule has 1 aliphatic heterocycles. The van der Waals surface area contributed by atoms with Gasteiger partial charge in [0.2, 0.25) is 0 Å². The predicted molar refractivity (Wildman–Crippen MR) is 99.4 cm³/mol. The predicted octanol–water partition coefficient (Wildman–Crippen LogP) is 2.45. The number of aromatic nitrogens is 2. The van der Waals surface area contributed by atoms with Crippen molar-refractivity contribution in [3.63, 3.8) is 0 Å². The highest BCUT2D eigenvalue weighted by molar-refractivity contribution is 6.02. The summed E-state index contributed by atoms with van der Waals surface area (Å²) in [6.07, 6.45) is 0. The highest BCUT2D eigenvalue weighted by Crippen LogP contribution is 2.32. The average molecular weight is 381 g/mol. The zero-order chi connectivity index (χ0) is 19.5. The smallest absolute Gasteiger partial charge is 0.276 e. The topological polar surface area (TPSA) is 82.5 Å². The van der Waals surface area contributed by atoms with Crippen molar-refractivity contribution >= 4 is 11.6 Å². The van der Waals surface area contributed by atoms with Gasteiger partial charge in [-0.1, -0.05) is 12.1 Å². The van der Waals surface area contributed by atoms with E-state index in [-0.39, 0.29) is 23.6 Å². The molecule has 0 aliphatic carbocycles. The maximum atomic E-state index is 13.0. The van der Waals surface area contributed by atoms with Crippen LogP contribution in [0.15, 0.2) is 59.4 Å². The molecule has 8 heteroatoms. The lowest BCUT2D eigenvalue weighted by molar-refractivity contribution is 0.102. The number of hydrogen-bond acceptors (Lipinski definition) is 5. The summed E-state index contributed by atoms with van der Waals surface area (Å²) in [6, 6.07) is 13.4. The van der Waals surface area contributed by atoms with E-state index in [4.69, 9.17) is 9.47 Å². The van der Waals surface area contributed by atoms with E-state index in [1.165, 1.54) is 24.3 Å². The number of nitrogens with zero attached hydrogens (tertiary/aromatic N) is 2. The molecule has 2 aromatic carbocycles. The van der Waals surface area contributed by atoms with E-state index in [2.05, 4.69) is 10.4 Å². The summed E-state index contributed by atoms with van der Waals surface area (Å²) in [6.45, 7) is 1.06. The monoisotopic (exact) mass is 381 g/mol. The van der Waals surface area contributed by atoms with Gasteiger partial charge in [0, 0.05) is 17.8 Å². The van der Waals surface area contributed by atoms with Crippen molar-refractivity contribution in [1.82, 2.24) is 9.78 Å². The number of halogens is 1. The fourth-order valence-electron chi connectivity index (χ4n) is 2.76. The normalized spacial score (nSPS) is 12.5. The molecule has 1 aromatic heterocycles. The van der Waals surface area contributed by atoms with Gasteiger partial charge in [-0.15, -0.1) is 0 Å². The third-order valence-corrected chi connectivity index (χ3v) is 4.14. The Bertz CT molecular complexity index is 1080. The van der Waals surface area contributed by atoms with Crippen LogP contribution in [0, 0.1) is 5.82 Å². The Hall–Kier alpha value is -3.68. The fourth-order valence-corrected chi connectivity index (χ4v) is 2.76. The molecule has 0 spiro atoms. The van der Waals surface area contributed by atoms with E-state index in [9.17, 15) is 14.0 Å². The van der Waals surface area contributed by atoms with Crippen molar-refractivity contribution in [2.45, 2.75) is 6.54 Å². The Morgan fingerprint density at radius 2 is 1.79 bits per heavy atom. The first kappa shape index (κ1) is 17.7. The lowest BCUT2D eigenvalue weighted by Gasteiger charge is -2.19. The lowest BCUT2D eigenvalue weighted by Crippen LogP contribution is -2.26. The molecule has 0 saturated heterocycles. The molecule has 0 unspecified atom stereocenters. The summed E-state index contributed by atoms with van der Waals surface area (Å²) in [7, 11) is 0. The maximum Gasteiger partial charge on any atom is 0.276 e. The van der Waals surface area contributed by atoms with Crippen LogP contribution in [-0.4, -0.2) is 28.9 Å². The minimum Gasteiger partial charge on any atom is -0.486 e. The average Bonchev–Trinajstić information content (AvgIpc) is 2.71. The van der Waals surface area contributed by atoms with E-state index in [0.29, 0.717) is 36.0 Å². The number of carbonyl (C=O) groups excluding carboxylic acids is 1. The van der Waals surface area contributed by atoms with Crippen LogP contribution in [0.25, 0.3) is 0 Å². The molecule has 4 rings (SSSR count). The standard InChI is InChI=1S/C20H16FN3O4/c21-14-3-1-13(2-4-14)12-24-19(25)8-6-16(23-24)20(26)22-15-5-7-17-18(11-15)28-10-9-27-17/h1-8,11H,9-10,12H2,(H,22,26). The first-order chi connectivity index (χ1) is 13.6. The number of benzene rings is 2. The molecule has 1 aliphatic rings. The number of rotatable bonds is 4. The van der Waals surface area contributed by atoms with E-state index >= 15 is 0 Å². The second-order valence-corrected chi connectivity index (χ2v) is 6.15. The zero-order valence-corrected chi connectivity index (χ0v) is 14.7. The molecule has 3 aromatic rings. The van der Waals surface area contributed by atoms with Crippen molar-refractivity contribution in [3.8, 4) is 11.5 Å². The summed E-state index contributed by atoms with van der Waals surface area (Å²) >= 11 is 0. The van der Waals surface area contributed by atoms with Crippen LogP contribution in [0.3, 0.4) is 0 Å². The van der Waals surface area contributed by atoms with Crippen LogP contribution in [0.5, 0.6) is 11.5 Å². The number of hydrogen-bond donors (Lipinski definition) is 1. The molecule has 7 nitrogen and oxygen atoms in total. The van der Waals surface area contributed by atoms with E-state index in [0.717, 1.165) is 4.68 Å². The van der Waals surface area contributed by atoms with Gasteiger partial charge in [0.05, 0.1) is 6.54 Å². The molecule has 2 heterocycles. The molecule has 142 valence electrons. The number of nitrogens with one attached hydrogen (secondary N) is 1. The third kappa shape index (κ3) is 3.85. The quantitative estimate of drug-likeness (QED) is 0.751. The molecule has 0 saturated carbocycles. The Kier molecular flexibility index (Phi) is 4.76. The van der Waals surface area contributed by atoms with Gasteiger partial charge in [0.15, 0.2) is 11.5 Å². The van der Waals surface area contributed by atoms with Crippen molar-refractivity contribution in [2.24, 2.45) is 0 Å². The summed E-state index contributed by atoms with van der Waals surface area (Å²) < 4.78 is 25.1. The number of carbonyl (C=O) groups is 1. The summed E-state index contributed by atoms with van der Waals surface area (Å²) in [5, 5.41) is 6.84. The second kappa shape index (κ2) is 7.51. The number of amides is 1. The van der Waals surface area contributed by atoms with Crippen LogP contribution < -0.4 is 20.3 Å². The second-order valence-electron chi connectivity index (χ2n) is 6.15. The summed E-state index contributed by atoms with van der Waals surface area (Å²) in [5.41, 5.74) is 0.935. The first-order valence-corrected chi connectivity index (χ1v) is 8.62. The van der Waals surface area contributed by atoms with Crippen molar-refractivity contribution < 1.29 is 18.7 Å². The van der Waals surface area contributed by atoms with Crippen molar-refractivity contribution in [1.29, 1.82) is 0 Å². The van der Waals surface area contributed by atoms with Crippen LogP contribution in [-0.2, 0) is 6.54 Å². The zero-order valence-electron chi connectivity index (χ0n) is 14.7. The van der Waals surface area contributed by atoms with Crippen LogP contribution in [0.1, 0.15) is 16.1 Å². The maximum absolute atomic E-state index is 13.0. The Morgan fingerprint density at radius 3 is 2.57 bits per heavy atom. The lowest BCUT2D eigenvalue weighted by atomic mass is 10.2. The molecule has 1 amide bonds. The molecule has 0 radical (unpaired) electrons. The van der Waals surface area contributed by atoms with E-state index in [1.54, 1.807) is 30.3 Å². The van der Waals surface area contributed by atoms with Crippen molar-refractivity contribution in [2.75, 3.05) is 18.5 Å². The highest BCUT2D eigenvalue weighted by atomic mass is 19.1. The Morgan fingerprint density at radius 1 is 1.04 bits per heavy atom. The van der Waals surface area contributed by atoms with Gasteiger partial charge in [-0.2, -0.15) is 5.10 Å². The fraction of sp³-hybridized carbons (Fsp3) is 0.150. The minimum absolute atomic E-state index is 0.0802. The van der Waals surface area contributed by atoms with Gasteiger partial charge < -0.3 is 14.8 Å². The van der Waals surface area contributed by atoms with Gasteiger partial charge >= 0.3 is 0 Å². The van der Waals surface area contributed by atoms with Gasteiger partial charge in [0.1, 0.15) is 24.7 Å². The minimum atomic E-state index is -0.468. The number of ether oxygens (including phenoxy) is 2. The molecule has 0 bridgehead atoms. The summed E-state index contributed by atoms with van der Waals surface area (Å²) in [4.78, 5) is 24.6. The van der Waals surface area contributed by atoms with Crippen LogP contribution in [0.2, 0.25) is 0 Å². The van der Waals surface area contributed by atoms with Gasteiger partial charge in [0.25, 0.3) is 11.5 Å². The summed E-state index contributed by atoms with van der Waals surface area (Å²) in [5.74, 6) is 0.342. The molecule has 0 fully saturated rings. The molecule has 0 atom stereocenters. The molecular weight excluding hydrogens is 365 g/mol. The van der Waals surface area contributed by atoms with E-state index < -0.39 is 5.91 Å². The van der Waals surface area contributed by atoms with Crippen molar-refractivity contribution in [3.05, 3.63) is 82.0 Å². The van der Waals surface area contributed by atoms with Crippen LogP contribution >= 0.6 is 0 Å². The number of anilines is 1. The largest absolute Gasteiger partial charge is 0.486 e. The third-order valence-electron chi connectivity index (χ3n) is 4.14.